The summed E-state index contributed by atoms with van der Waals surface area (Å²) in [7, 11) is 1.78. The van der Waals surface area contributed by atoms with Gasteiger partial charge in [0.1, 0.15) is 0 Å². The van der Waals surface area contributed by atoms with E-state index in [2.05, 4.69) is 20.6 Å². The Balaban J connectivity index is 1.27. The van der Waals surface area contributed by atoms with Crippen LogP contribution in [0, 0.1) is 0 Å². The molecule has 0 bridgehead atoms. The van der Waals surface area contributed by atoms with Crippen molar-refractivity contribution in [2.75, 3.05) is 36.4 Å². The number of hydrogen-bond donors (Lipinski definition) is 2. The van der Waals surface area contributed by atoms with E-state index in [-0.39, 0.29) is 18.0 Å². The zero-order valence-corrected chi connectivity index (χ0v) is 18.6. The number of likely N-dealkylation sites (tertiary alicyclic amines) is 1. The minimum Gasteiger partial charge on any atom is -0.370 e. The molecule has 3 amide bonds. The predicted molar refractivity (Wildman–Crippen MR) is 122 cm³/mol. The summed E-state index contributed by atoms with van der Waals surface area (Å²) in [5.74, 6) is -0.126. The van der Waals surface area contributed by atoms with Crippen LogP contribution in [0.3, 0.4) is 0 Å². The zero-order valence-electron chi connectivity index (χ0n) is 17.8. The topological polar surface area (TPSA) is 82.5 Å². The third-order valence-electron chi connectivity index (χ3n) is 5.98. The normalized spacial score (nSPS) is 17.5. The quantitative estimate of drug-likeness (QED) is 0.756. The van der Waals surface area contributed by atoms with Crippen molar-refractivity contribution >= 4 is 34.9 Å². The minimum atomic E-state index is -0.140. The van der Waals surface area contributed by atoms with Gasteiger partial charge in [-0.3, -0.25) is 9.48 Å². The summed E-state index contributed by atoms with van der Waals surface area (Å²) in [6.07, 6.45) is 8.33. The van der Waals surface area contributed by atoms with Crippen molar-refractivity contribution in [3.05, 3.63) is 41.2 Å². The number of anilines is 2. The van der Waals surface area contributed by atoms with Crippen LogP contribution < -0.4 is 15.5 Å². The smallest absolute Gasteiger partial charge is 0.321 e. The van der Waals surface area contributed by atoms with Crippen molar-refractivity contribution in [3.8, 4) is 0 Å². The predicted octanol–water partition coefficient (Wildman–Crippen LogP) is 3.49. The van der Waals surface area contributed by atoms with Gasteiger partial charge < -0.3 is 20.4 Å². The number of halogens is 1. The molecular formula is C22H29ClN6O2. The van der Waals surface area contributed by atoms with Gasteiger partial charge in [0.25, 0.3) is 5.91 Å². The highest BCUT2D eigenvalue weighted by Crippen LogP contribution is 2.31. The largest absolute Gasteiger partial charge is 0.370 e. The van der Waals surface area contributed by atoms with Gasteiger partial charge in [-0.25, -0.2) is 4.79 Å². The lowest BCUT2D eigenvalue weighted by Crippen LogP contribution is -2.47. The zero-order chi connectivity index (χ0) is 21.8. The summed E-state index contributed by atoms with van der Waals surface area (Å²) < 4.78 is 1.60. The van der Waals surface area contributed by atoms with Crippen LogP contribution in [0.15, 0.2) is 30.6 Å². The molecule has 1 aromatic heterocycles. The summed E-state index contributed by atoms with van der Waals surface area (Å²) in [6.45, 7) is 3.22. The first-order valence-electron chi connectivity index (χ1n) is 10.9. The summed E-state index contributed by atoms with van der Waals surface area (Å²) >= 11 is 6.50. The molecule has 31 heavy (non-hydrogen) atoms. The van der Waals surface area contributed by atoms with E-state index >= 15 is 0 Å². The number of rotatable bonds is 4. The Morgan fingerprint density at radius 1 is 1.10 bits per heavy atom. The molecule has 1 aromatic carbocycles. The van der Waals surface area contributed by atoms with Crippen molar-refractivity contribution in [1.29, 1.82) is 0 Å². The van der Waals surface area contributed by atoms with Gasteiger partial charge in [0.15, 0.2) is 0 Å². The number of nitrogens with one attached hydrogen (secondary N) is 2. The van der Waals surface area contributed by atoms with Gasteiger partial charge in [-0.05, 0) is 50.3 Å². The molecule has 8 nitrogen and oxygen atoms in total. The van der Waals surface area contributed by atoms with Gasteiger partial charge in [0, 0.05) is 51.2 Å². The molecule has 0 saturated carbocycles. The molecule has 4 rings (SSSR count). The molecule has 166 valence electrons. The highest BCUT2D eigenvalue weighted by atomic mass is 35.5. The van der Waals surface area contributed by atoms with E-state index in [1.165, 1.54) is 19.3 Å². The Labute approximate surface area is 187 Å². The highest BCUT2D eigenvalue weighted by molar-refractivity contribution is 6.33. The van der Waals surface area contributed by atoms with Crippen LogP contribution in [0.5, 0.6) is 0 Å². The Bertz CT molecular complexity index is 932. The first kappa shape index (κ1) is 21.5. The number of amides is 3. The molecule has 0 aliphatic carbocycles. The maximum atomic E-state index is 12.7. The summed E-state index contributed by atoms with van der Waals surface area (Å²) in [5.41, 5.74) is 2.28. The summed E-state index contributed by atoms with van der Waals surface area (Å²) in [5, 5.41) is 10.7. The Kier molecular flexibility index (Phi) is 6.65. The van der Waals surface area contributed by atoms with Crippen molar-refractivity contribution in [3.63, 3.8) is 0 Å². The van der Waals surface area contributed by atoms with E-state index in [9.17, 15) is 9.59 Å². The lowest BCUT2D eigenvalue weighted by Gasteiger charge is -2.32. The second-order valence-electron chi connectivity index (χ2n) is 8.28. The number of hydrogen-bond acceptors (Lipinski definition) is 4. The molecule has 0 atom stereocenters. The maximum Gasteiger partial charge on any atom is 0.321 e. The summed E-state index contributed by atoms with van der Waals surface area (Å²) in [4.78, 5) is 29.0. The molecule has 2 N–H and O–H groups in total. The number of benzene rings is 1. The molecule has 2 saturated heterocycles. The van der Waals surface area contributed by atoms with Crippen LogP contribution in [0.25, 0.3) is 0 Å². The second kappa shape index (κ2) is 9.60. The SMILES string of the molecule is Cn1cc(C(=O)NC2CCN(C(=O)Nc3ccc(N4CCCCC4)c(Cl)c3)CC2)cn1. The molecule has 9 heteroatoms. The number of carbonyl (C=O) groups excluding carboxylic acids is 2. The van der Waals surface area contributed by atoms with Gasteiger partial charge in [-0.2, -0.15) is 5.10 Å². The van der Waals surface area contributed by atoms with E-state index in [0.717, 1.165) is 18.8 Å². The number of aryl methyl sites for hydroxylation is 1. The van der Waals surface area contributed by atoms with Crippen LogP contribution in [-0.4, -0.2) is 58.8 Å². The van der Waals surface area contributed by atoms with Gasteiger partial charge in [-0.1, -0.05) is 11.6 Å². The van der Waals surface area contributed by atoms with Crippen LogP contribution in [0.4, 0.5) is 16.2 Å². The average Bonchev–Trinajstić information content (AvgIpc) is 3.21. The van der Waals surface area contributed by atoms with E-state index in [1.807, 2.05) is 18.2 Å². The number of nitrogens with zero attached hydrogens (tertiary/aromatic N) is 4. The fraction of sp³-hybridized carbons (Fsp3) is 0.500. The van der Waals surface area contributed by atoms with E-state index < -0.39 is 0 Å². The van der Waals surface area contributed by atoms with Crippen molar-refractivity contribution in [2.24, 2.45) is 7.05 Å². The van der Waals surface area contributed by atoms with E-state index in [0.29, 0.717) is 42.2 Å². The van der Waals surface area contributed by atoms with Crippen molar-refractivity contribution in [2.45, 2.75) is 38.1 Å². The van der Waals surface area contributed by atoms with Crippen molar-refractivity contribution < 1.29 is 9.59 Å². The highest BCUT2D eigenvalue weighted by Gasteiger charge is 2.25. The average molecular weight is 445 g/mol. The lowest BCUT2D eigenvalue weighted by molar-refractivity contribution is 0.0919. The molecular weight excluding hydrogens is 416 g/mol. The molecule has 2 aliphatic rings. The Morgan fingerprint density at radius 3 is 2.48 bits per heavy atom. The van der Waals surface area contributed by atoms with Gasteiger partial charge >= 0.3 is 6.03 Å². The fourth-order valence-electron chi connectivity index (χ4n) is 4.21. The van der Waals surface area contributed by atoms with E-state index in [1.54, 1.807) is 29.0 Å². The first-order chi connectivity index (χ1) is 15.0. The summed E-state index contributed by atoms with van der Waals surface area (Å²) in [6, 6.07) is 5.64. The number of piperidine rings is 2. The molecule has 2 aromatic rings. The molecule has 0 radical (unpaired) electrons. The Hall–Kier alpha value is -2.74. The maximum absolute atomic E-state index is 12.7. The molecule has 0 unspecified atom stereocenters. The molecule has 3 heterocycles. The lowest BCUT2D eigenvalue weighted by atomic mass is 10.0. The minimum absolute atomic E-state index is 0.0510. The van der Waals surface area contributed by atoms with Gasteiger partial charge in [-0.15, -0.1) is 0 Å². The van der Waals surface area contributed by atoms with Crippen LogP contribution in [0.2, 0.25) is 5.02 Å². The third-order valence-corrected chi connectivity index (χ3v) is 6.28. The van der Waals surface area contributed by atoms with Crippen LogP contribution >= 0.6 is 11.6 Å². The molecule has 2 fully saturated rings. The monoisotopic (exact) mass is 444 g/mol. The number of aromatic nitrogens is 2. The van der Waals surface area contributed by atoms with Crippen LogP contribution in [0.1, 0.15) is 42.5 Å². The third kappa shape index (κ3) is 5.31. The second-order valence-corrected chi connectivity index (χ2v) is 8.69. The van der Waals surface area contributed by atoms with Gasteiger partial charge in [0.2, 0.25) is 0 Å². The van der Waals surface area contributed by atoms with E-state index in [4.69, 9.17) is 11.6 Å². The Morgan fingerprint density at radius 2 is 1.84 bits per heavy atom. The number of carbonyl (C=O) groups is 2. The van der Waals surface area contributed by atoms with Crippen LogP contribution in [-0.2, 0) is 7.05 Å². The molecule has 2 aliphatic heterocycles. The van der Waals surface area contributed by atoms with Crippen molar-refractivity contribution in [1.82, 2.24) is 20.0 Å². The molecule has 0 spiro atoms. The standard InChI is InChI=1S/C22H29ClN6O2/c1-27-15-16(14-24-27)21(30)25-17-7-11-29(12-8-17)22(31)26-18-5-6-20(19(23)13-18)28-9-3-2-4-10-28/h5-6,13-15,17H,2-4,7-12H2,1H3,(H,25,30)(H,26,31). The number of urea groups is 1. The fourth-order valence-corrected chi connectivity index (χ4v) is 4.51. The van der Waals surface area contributed by atoms with Gasteiger partial charge in [0.05, 0.1) is 22.5 Å². The first-order valence-corrected chi connectivity index (χ1v) is 11.3.